The maximum absolute atomic E-state index is 6.49. The van der Waals surface area contributed by atoms with Crippen molar-refractivity contribution in [1.29, 1.82) is 0 Å². The summed E-state index contributed by atoms with van der Waals surface area (Å²) >= 11 is 0. The molecule has 2 aliphatic heterocycles. The Hall–Kier alpha value is -2.30. The molecule has 120 valence electrons. The van der Waals surface area contributed by atoms with Crippen LogP contribution in [0.25, 0.3) is 0 Å². The predicted octanol–water partition coefficient (Wildman–Crippen LogP) is 3.13. The van der Waals surface area contributed by atoms with Crippen molar-refractivity contribution >= 4 is 23.0 Å². The fraction of sp³-hybridized carbons (Fsp3) is 0.444. The molecular weight excluding hydrogens is 286 g/mol. The van der Waals surface area contributed by atoms with E-state index in [1.54, 1.807) is 6.33 Å². The van der Waals surface area contributed by atoms with Crippen molar-refractivity contribution in [3.05, 3.63) is 36.2 Å². The van der Waals surface area contributed by atoms with Crippen molar-refractivity contribution < 1.29 is 0 Å². The van der Waals surface area contributed by atoms with Crippen LogP contribution < -0.4 is 15.5 Å². The molecule has 0 amide bonds. The molecule has 2 N–H and O–H groups in total. The number of piperidine rings is 1. The first-order valence-electron chi connectivity index (χ1n) is 8.55. The van der Waals surface area contributed by atoms with E-state index in [0.717, 1.165) is 44.1 Å². The van der Waals surface area contributed by atoms with Gasteiger partial charge in [0.25, 0.3) is 0 Å². The van der Waals surface area contributed by atoms with Crippen LogP contribution in [0, 0.1) is 0 Å². The largest absolute Gasteiger partial charge is 0.393 e. The highest BCUT2D eigenvalue weighted by Gasteiger charge is 2.24. The Morgan fingerprint density at radius 2 is 1.65 bits per heavy atom. The van der Waals surface area contributed by atoms with E-state index in [0.29, 0.717) is 5.69 Å². The van der Waals surface area contributed by atoms with Crippen molar-refractivity contribution in [3.63, 3.8) is 0 Å². The molecular formula is C18H23N5. The fourth-order valence-corrected chi connectivity index (χ4v) is 3.70. The summed E-state index contributed by atoms with van der Waals surface area (Å²) in [5, 5.41) is 0. The van der Waals surface area contributed by atoms with Crippen LogP contribution in [0.15, 0.2) is 30.6 Å². The second kappa shape index (κ2) is 6.07. The minimum Gasteiger partial charge on any atom is -0.393 e. The van der Waals surface area contributed by atoms with Crippen LogP contribution in [0.1, 0.15) is 31.2 Å². The number of anilines is 4. The molecule has 5 heteroatoms. The smallest absolute Gasteiger partial charge is 0.161 e. The molecule has 1 saturated heterocycles. The molecule has 2 aromatic rings. The number of para-hydroxylation sites is 1. The minimum atomic E-state index is 0.714. The molecule has 1 fully saturated rings. The second-order valence-electron chi connectivity index (χ2n) is 6.37. The number of aryl methyl sites for hydroxylation is 1. The zero-order valence-corrected chi connectivity index (χ0v) is 13.4. The summed E-state index contributed by atoms with van der Waals surface area (Å²) in [6.07, 6.45) is 7.63. The number of nitrogens with zero attached hydrogens (tertiary/aromatic N) is 4. The molecule has 0 aliphatic carbocycles. The van der Waals surface area contributed by atoms with Gasteiger partial charge < -0.3 is 15.5 Å². The highest BCUT2D eigenvalue weighted by molar-refractivity contribution is 5.81. The maximum atomic E-state index is 6.49. The Balaban J connectivity index is 1.73. The summed E-state index contributed by atoms with van der Waals surface area (Å²) in [6, 6.07) is 8.55. The van der Waals surface area contributed by atoms with Gasteiger partial charge in [-0.25, -0.2) is 9.97 Å². The summed E-state index contributed by atoms with van der Waals surface area (Å²) in [6.45, 7) is 3.03. The number of aromatic nitrogens is 2. The van der Waals surface area contributed by atoms with Crippen molar-refractivity contribution in [2.45, 2.75) is 32.1 Å². The van der Waals surface area contributed by atoms with Crippen molar-refractivity contribution in [1.82, 2.24) is 9.97 Å². The zero-order chi connectivity index (χ0) is 15.6. The van der Waals surface area contributed by atoms with Gasteiger partial charge in [-0.3, -0.25) is 0 Å². The number of fused-ring (bicyclic) bond motifs is 1. The third kappa shape index (κ3) is 2.60. The molecule has 0 spiro atoms. The normalized spacial score (nSPS) is 17.9. The van der Waals surface area contributed by atoms with E-state index in [-0.39, 0.29) is 0 Å². The molecule has 1 aromatic carbocycles. The third-order valence-corrected chi connectivity index (χ3v) is 4.86. The highest BCUT2D eigenvalue weighted by atomic mass is 15.3. The van der Waals surface area contributed by atoms with E-state index in [1.165, 1.54) is 30.5 Å². The number of nitrogen functional groups attached to an aromatic ring is 1. The average molecular weight is 309 g/mol. The lowest BCUT2D eigenvalue weighted by molar-refractivity contribution is 0.573. The maximum Gasteiger partial charge on any atom is 0.161 e. The van der Waals surface area contributed by atoms with E-state index in [1.807, 2.05) is 0 Å². The summed E-state index contributed by atoms with van der Waals surface area (Å²) < 4.78 is 0. The van der Waals surface area contributed by atoms with Crippen LogP contribution in [0.4, 0.5) is 23.0 Å². The molecule has 3 heterocycles. The van der Waals surface area contributed by atoms with Gasteiger partial charge in [-0.1, -0.05) is 18.2 Å². The summed E-state index contributed by atoms with van der Waals surface area (Å²) in [5.74, 6) is 1.76. The summed E-state index contributed by atoms with van der Waals surface area (Å²) in [7, 11) is 0. The number of rotatable bonds is 2. The van der Waals surface area contributed by atoms with Crippen molar-refractivity contribution in [2.75, 3.05) is 35.2 Å². The van der Waals surface area contributed by atoms with Crippen molar-refractivity contribution in [3.8, 4) is 0 Å². The van der Waals surface area contributed by atoms with Crippen molar-refractivity contribution in [2.24, 2.45) is 0 Å². The number of hydrogen-bond donors (Lipinski definition) is 1. The second-order valence-corrected chi connectivity index (χ2v) is 6.37. The van der Waals surface area contributed by atoms with Gasteiger partial charge in [0.2, 0.25) is 0 Å². The van der Waals surface area contributed by atoms with Crippen LogP contribution in [0.3, 0.4) is 0 Å². The Labute approximate surface area is 137 Å². The van der Waals surface area contributed by atoms with Gasteiger partial charge in [-0.15, -0.1) is 0 Å². The molecule has 0 bridgehead atoms. The first-order valence-corrected chi connectivity index (χ1v) is 8.55. The van der Waals surface area contributed by atoms with E-state index in [2.05, 4.69) is 44.0 Å². The van der Waals surface area contributed by atoms with Gasteiger partial charge in [0.15, 0.2) is 11.6 Å². The fourth-order valence-electron chi connectivity index (χ4n) is 3.70. The van der Waals surface area contributed by atoms with Gasteiger partial charge in [0.1, 0.15) is 12.0 Å². The molecule has 0 saturated carbocycles. The predicted molar refractivity (Wildman–Crippen MR) is 94.3 cm³/mol. The number of hydrogen-bond acceptors (Lipinski definition) is 5. The topological polar surface area (TPSA) is 58.3 Å². The van der Waals surface area contributed by atoms with E-state index in [9.17, 15) is 0 Å². The van der Waals surface area contributed by atoms with E-state index < -0.39 is 0 Å². The van der Waals surface area contributed by atoms with Crippen LogP contribution >= 0.6 is 0 Å². The van der Waals surface area contributed by atoms with Gasteiger partial charge in [0.05, 0.1) is 0 Å². The Morgan fingerprint density at radius 1 is 0.870 bits per heavy atom. The molecule has 1 aromatic heterocycles. The summed E-state index contributed by atoms with van der Waals surface area (Å²) in [4.78, 5) is 13.6. The van der Waals surface area contributed by atoms with Gasteiger partial charge in [-0.2, -0.15) is 0 Å². The van der Waals surface area contributed by atoms with Gasteiger partial charge in [-0.05, 0) is 43.7 Å². The molecule has 23 heavy (non-hydrogen) atoms. The highest BCUT2D eigenvalue weighted by Crippen LogP contribution is 2.38. The monoisotopic (exact) mass is 309 g/mol. The van der Waals surface area contributed by atoms with Crippen LogP contribution in [0.2, 0.25) is 0 Å². The molecule has 0 radical (unpaired) electrons. The van der Waals surface area contributed by atoms with Gasteiger partial charge >= 0.3 is 0 Å². The zero-order valence-electron chi connectivity index (χ0n) is 13.4. The lowest BCUT2D eigenvalue weighted by Gasteiger charge is -2.33. The average Bonchev–Trinajstić information content (AvgIpc) is 2.62. The first-order chi connectivity index (χ1) is 11.3. The summed E-state index contributed by atoms with van der Waals surface area (Å²) in [5.41, 5.74) is 9.81. The van der Waals surface area contributed by atoms with E-state index in [4.69, 9.17) is 5.73 Å². The number of benzene rings is 1. The Kier molecular flexibility index (Phi) is 3.77. The SMILES string of the molecule is Nc1c(N2CCCCC2)ncnc1N1CCCc2ccccc21. The molecule has 4 rings (SSSR count). The van der Waals surface area contributed by atoms with Crippen LogP contribution in [-0.2, 0) is 6.42 Å². The van der Waals surface area contributed by atoms with E-state index >= 15 is 0 Å². The Morgan fingerprint density at radius 3 is 2.52 bits per heavy atom. The Bertz CT molecular complexity index is 694. The third-order valence-electron chi connectivity index (χ3n) is 4.86. The van der Waals surface area contributed by atoms with Crippen LogP contribution in [0.5, 0.6) is 0 Å². The number of nitrogens with two attached hydrogens (primary N) is 1. The molecule has 0 atom stereocenters. The molecule has 2 aliphatic rings. The standard InChI is InChI=1S/C18H23N5/c19-16-17(22-10-4-1-5-11-22)20-13-21-18(16)23-12-6-8-14-7-2-3-9-15(14)23/h2-3,7,9,13H,1,4-6,8,10-12,19H2. The lowest BCUT2D eigenvalue weighted by Crippen LogP contribution is -2.32. The van der Waals surface area contributed by atoms with Crippen LogP contribution in [-0.4, -0.2) is 29.6 Å². The quantitative estimate of drug-likeness (QED) is 0.923. The minimum absolute atomic E-state index is 0.714. The molecule has 5 nitrogen and oxygen atoms in total. The molecule has 0 unspecified atom stereocenters. The lowest BCUT2D eigenvalue weighted by atomic mass is 10.0. The first kappa shape index (κ1) is 14.3. The van der Waals surface area contributed by atoms with Gasteiger partial charge in [0, 0.05) is 25.3 Å².